The number of carbonyl (C=O) groups is 2. The van der Waals surface area contributed by atoms with Crippen LogP contribution < -0.4 is 14.5 Å². The Balaban J connectivity index is 1.18. The second kappa shape index (κ2) is 14.4. The van der Waals surface area contributed by atoms with Gasteiger partial charge in [-0.2, -0.15) is 15.2 Å². The minimum Gasteiger partial charge on any atom is -0.466 e. The molecule has 1 amide bonds. The van der Waals surface area contributed by atoms with Gasteiger partial charge in [0.15, 0.2) is 0 Å². The second-order valence-electron chi connectivity index (χ2n) is 13.7. The number of likely N-dealkylation sites (N-methyl/N-ethyl adjacent to an activating group) is 1. The smallest absolute Gasteiger partial charge is 0.330 e. The zero-order valence-electron chi connectivity index (χ0n) is 28.7. The van der Waals surface area contributed by atoms with Crippen LogP contribution in [0.5, 0.6) is 6.01 Å². The average molecular weight is 699 g/mol. The highest BCUT2D eigenvalue weighted by atomic mass is 35.5. The van der Waals surface area contributed by atoms with Crippen LogP contribution in [0.4, 0.5) is 11.5 Å². The number of amides is 1. The van der Waals surface area contributed by atoms with E-state index in [0.717, 1.165) is 85.2 Å². The number of hydrogen-bond donors (Lipinski definition) is 0. The molecule has 0 unspecified atom stereocenters. The van der Waals surface area contributed by atoms with Gasteiger partial charge in [0.2, 0.25) is 5.91 Å². The SMILES string of the molecule is COC(=O)/C=C/C(=O)N1CCN(c2nc(OCC3(N4CCN(C)CC4)CC3)nc3c2CCN(c2cccc4cccc(Cl)c24)C3)C[C@@H]1CC#N. The molecule has 0 N–H and O–H groups in total. The minimum atomic E-state index is -0.602. The monoisotopic (exact) mass is 698 g/mol. The molecule has 0 radical (unpaired) electrons. The van der Waals surface area contributed by atoms with Crippen molar-refractivity contribution >= 4 is 45.8 Å². The molecule has 1 atom stereocenters. The highest BCUT2D eigenvalue weighted by Crippen LogP contribution is 2.43. The molecule has 3 aliphatic heterocycles. The lowest BCUT2D eigenvalue weighted by atomic mass is 10.0. The second-order valence-corrected chi connectivity index (χ2v) is 14.1. The Hall–Kier alpha value is -4.44. The van der Waals surface area contributed by atoms with Gasteiger partial charge in [0.25, 0.3) is 0 Å². The van der Waals surface area contributed by atoms with Crippen molar-refractivity contribution in [2.24, 2.45) is 0 Å². The first-order valence-electron chi connectivity index (χ1n) is 17.4. The molecule has 3 aromatic rings. The Morgan fingerprint density at radius 1 is 1.02 bits per heavy atom. The summed E-state index contributed by atoms with van der Waals surface area (Å²) in [5, 5.41) is 12.5. The summed E-state index contributed by atoms with van der Waals surface area (Å²) in [5.74, 6) is -0.133. The molecule has 1 aliphatic carbocycles. The molecular weight excluding hydrogens is 656 g/mol. The van der Waals surface area contributed by atoms with Gasteiger partial charge in [-0.3, -0.25) is 9.69 Å². The molecular formula is C37H43ClN8O4. The van der Waals surface area contributed by atoms with Gasteiger partial charge >= 0.3 is 12.0 Å². The maximum absolute atomic E-state index is 13.1. The number of hydrogen-bond acceptors (Lipinski definition) is 11. The van der Waals surface area contributed by atoms with Crippen molar-refractivity contribution in [1.29, 1.82) is 5.26 Å². The van der Waals surface area contributed by atoms with E-state index in [1.165, 1.54) is 13.2 Å². The third-order valence-corrected chi connectivity index (χ3v) is 10.9. The van der Waals surface area contributed by atoms with Gasteiger partial charge in [-0.1, -0.05) is 35.9 Å². The number of nitrogens with zero attached hydrogens (tertiary/aromatic N) is 8. The van der Waals surface area contributed by atoms with Crippen LogP contribution in [0.1, 0.15) is 30.5 Å². The van der Waals surface area contributed by atoms with Crippen molar-refractivity contribution < 1.29 is 19.1 Å². The van der Waals surface area contributed by atoms with Gasteiger partial charge < -0.3 is 29.1 Å². The zero-order valence-corrected chi connectivity index (χ0v) is 29.4. The first-order valence-corrected chi connectivity index (χ1v) is 17.7. The number of aromatic nitrogens is 2. The van der Waals surface area contributed by atoms with Gasteiger partial charge in [0, 0.05) is 81.1 Å². The number of nitriles is 1. The van der Waals surface area contributed by atoms with Crippen LogP contribution in [0.3, 0.4) is 0 Å². The Labute approximate surface area is 297 Å². The fourth-order valence-corrected chi connectivity index (χ4v) is 7.84. The predicted molar refractivity (Wildman–Crippen MR) is 191 cm³/mol. The molecule has 0 bridgehead atoms. The fourth-order valence-electron chi connectivity index (χ4n) is 7.56. The maximum Gasteiger partial charge on any atom is 0.330 e. The first kappa shape index (κ1) is 34.0. The quantitative estimate of drug-likeness (QED) is 0.241. The molecule has 2 aromatic carbocycles. The van der Waals surface area contributed by atoms with Crippen LogP contribution in [-0.2, 0) is 27.3 Å². The Morgan fingerprint density at radius 3 is 2.54 bits per heavy atom. The van der Waals surface area contributed by atoms with E-state index in [-0.39, 0.29) is 23.9 Å². The number of carbonyl (C=O) groups excluding carboxylic acids is 2. The van der Waals surface area contributed by atoms with Crippen LogP contribution in [0.25, 0.3) is 10.8 Å². The van der Waals surface area contributed by atoms with Crippen molar-refractivity contribution in [3.63, 3.8) is 0 Å². The summed E-state index contributed by atoms with van der Waals surface area (Å²) in [5.41, 5.74) is 3.05. The number of rotatable bonds is 9. The van der Waals surface area contributed by atoms with E-state index in [0.29, 0.717) is 50.2 Å². The molecule has 50 heavy (non-hydrogen) atoms. The van der Waals surface area contributed by atoms with E-state index in [1.807, 2.05) is 12.1 Å². The van der Waals surface area contributed by atoms with E-state index >= 15 is 0 Å². The molecule has 0 spiro atoms. The van der Waals surface area contributed by atoms with Crippen LogP contribution >= 0.6 is 11.6 Å². The molecule has 7 rings (SSSR count). The number of esters is 1. The standard InChI is InChI=1S/C37H43ClN8O4/c1-42-17-20-45(21-18-42)37(13-14-37)25-50-36-40-30-24-43(31-8-4-6-26-5-3-7-29(38)34(26)31)16-12-28(30)35(41-36)44-19-22-46(27(23-44)11-15-39)32(47)9-10-33(48)49-2/h3-10,27H,11-14,16-25H2,1-2H3/b10-9+/t27-/m0/s1. The summed E-state index contributed by atoms with van der Waals surface area (Å²) in [7, 11) is 3.43. The summed E-state index contributed by atoms with van der Waals surface area (Å²) in [4.78, 5) is 45.9. The average Bonchev–Trinajstić information content (AvgIpc) is 3.93. The van der Waals surface area contributed by atoms with Crippen LogP contribution in [0.15, 0.2) is 48.6 Å². The van der Waals surface area contributed by atoms with E-state index in [4.69, 9.17) is 26.3 Å². The number of fused-ring (bicyclic) bond motifs is 2. The van der Waals surface area contributed by atoms with Gasteiger partial charge in [-0.25, -0.2) is 4.79 Å². The topological polar surface area (TPSA) is 118 Å². The lowest BCUT2D eigenvalue weighted by Gasteiger charge is -2.42. The van der Waals surface area contributed by atoms with Crippen LogP contribution in [0, 0.1) is 11.3 Å². The Morgan fingerprint density at radius 2 is 1.80 bits per heavy atom. The molecule has 3 fully saturated rings. The number of methoxy groups -OCH3 is 1. The van der Waals surface area contributed by atoms with Gasteiger partial charge in [0.1, 0.15) is 12.4 Å². The van der Waals surface area contributed by atoms with Crippen molar-refractivity contribution in [2.45, 2.75) is 43.8 Å². The first-order chi connectivity index (χ1) is 24.3. The summed E-state index contributed by atoms with van der Waals surface area (Å²) in [6.07, 6.45) is 5.38. The van der Waals surface area contributed by atoms with E-state index in [1.54, 1.807) is 4.90 Å². The number of halogens is 1. The third kappa shape index (κ3) is 6.95. The maximum atomic E-state index is 13.1. The molecule has 4 aliphatic rings. The third-order valence-electron chi connectivity index (χ3n) is 10.6. The molecule has 1 saturated carbocycles. The van der Waals surface area contributed by atoms with Gasteiger partial charge in [-0.15, -0.1) is 0 Å². The van der Waals surface area contributed by atoms with E-state index < -0.39 is 5.97 Å². The summed E-state index contributed by atoms with van der Waals surface area (Å²) in [6.45, 7) is 7.29. The summed E-state index contributed by atoms with van der Waals surface area (Å²) in [6, 6.07) is 14.5. The number of benzene rings is 2. The van der Waals surface area contributed by atoms with Gasteiger partial charge in [0.05, 0.1) is 48.4 Å². The molecule has 2 saturated heterocycles. The molecule has 1 aromatic heterocycles. The lowest BCUT2D eigenvalue weighted by molar-refractivity contribution is -0.135. The molecule has 13 heteroatoms. The zero-order chi connectivity index (χ0) is 34.8. The molecule has 262 valence electrons. The van der Waals surface area contributed by atoms with Gasteiger partial charge in [-0.05, 0) is 43.8 Å². The number of piperazine rings is 2. The number of ether oxygens (including phenoxy) is 2. The summed E-state index contributed by atoms with van der Waals surface area (Å²) < 4.78 is 11.2. The van der Waals surface area contributed by atoms with Crippen LogP contribution in [-0.4, -0.2) is 121 Å². The van der Waals surface area contributed by atoms with Crippen LogP contribution in [0.2, 0.25) is 5.02 Å². The van der Waals surface area contributed by atoms with E-state index in [2.05, 4.69) is 61.7 Å². The molecule has 12 nitrogen and oxygen atoms in total. The normalized spacial score (nSPS) is 20.8. The number of anilines is 2. The summed E-state index contributed by atoms with van der Waals surface area (Å²) >= 11 is 6.75. The Kier molecular flexibility index (Phi) is 9.82. The predicted octanol–water partition coefficient (Wildman–Crippen LogP) is 3.66. The minimum absolute atomic E-state index is 0.0218. The lowest BCUT2D eigenvalue weighted by Crippen LogP contribution is -2.55. The highest BCUT2D eigenvalue weighted by molar-refractivity contribution is 6.36. The van der Waals surface area contributed by atoms with Crippen molar-refractivity contribution in [3.05, 3.63) is 64.8 Å². The van der Waals surface area contributed by atoms with E-state index in [9.17, 15) is 14.9 Å². The highest BCUT2D eigenvalue weighted by Gasteiger charge is 2.49. The van der Waals surface area contributed by atoms with Crippen molar-refractivity contribution in [2.75, 3.05) is 82.9 Å². The van der Waals surface area contributed by atoms with Crippen molar-refractivity contribution in [3.8, 4) is 12.1 Å². The fraction of sp³-hybridized carbons (Fsp3) is 0.486. The Bertz CT molecular complexity index is 1830. The molecule has 4 heterocycles. The largest absolute Gasteiger partial charge is 0.466 e. The van der Waals surface area contributed by atoms with Crippen molar-refractivity contribution in [1.82, 2.24) is 24.7 Å².